The van der Waals surface area contributed by atoms with Crippen LogP contribution in [0.1, 0.15) is 24.2 Å². The largest absolute Gasteiger partial charge is 0.387 e. The zero-order valence-electron chi connectivity index (χ0n) is 19.2. The summed E-state index contributed by atoms with van der Waals surface area (Å²) in [6, 6.07) is 20.9. The Hall–Kier alpha value is -3.66. The van der Waals surface area contributed by atoms with Gasteiger partial charge in [0.05, 0.1) is 11.0 Å². The molecule has 0 fully saturated rings. The summed E-state index contributed by atoms with van der Waals surface area (Å²) in [5.41, 5.74) is 3.61. The number of aliphatic hydroxyl groups excluding tert-OH is 1. The highest BCUT2D eigenvalue weighted by atomic mass is 32.2. The third-order valence-electron chi connectivity index (χ3n) is 5.75. The minimum absolute atomic E-state index is 0.0167. The summed E-state index contributed by atoms with van der Waals surface area (Å²) in [5.74, 6) is 0. The number of aromatic nitrogens is 1. The summed E-state index contributed by atoms with van der Waals surface area (Å²) >= 11 is 0. The molecule has 0 aliphatic carbocycles. The fraction of sp³-hybridized carbons (Fsp3) is 0.192. The minimum atomic E-state index is -3.88. The first-order valence-corrected chi connectivity index (χ1v) is 12.7. The third-order valence-corrected chi connectivity index (χ3v) is 7.13. The van der Waals surface area contributed by atoms with E-state index in [4.69, 9.17) is 0 Å². The van der Waals surface area contributed by atoms with Gasteiger partial charge in [-0.3, -0.25) is 9.52 Å². The zero-order chi connectivity index (χ0) is 24.8. The van der Waals surface area contributed by atoms with Crippen molar-refractivity contribution in [1.29, 1.82) is 0 Å². The molecule has 8 nitrogen and oxygen atoms in total. The number of nitrogens with one attached hydrogen (secondary N) is 4. The number of fused-ring (bicyclic) bond motifs is 1. The number of hydrogen-bond donors (Lipinski definition) is 5. The number of aliphatic hydroxyl groups is 1. The van der Waals surface area contributed by atoms with Gasteiger partial charge in [0.25, 0.3) is 10.0 Å². The van der Waals surface area contributed by atoms with E-state index in [2.05, 4.69) is 33.3 Å². The van der Waals surface area contributed by atoms with Crippen molar-refractivity contribution in [2.45, 2.75) is 30.4 Å². The molecule has 0 aliphatic rings. The van der Waals surface area contributed by atoms with Crippen LogP contribution in [0.5, 0.6) is 0 Å². The second-order valence-corrected chi connectivity index (χ2v) is 10.1. The van der Waals surface area contributed by atoms with Crippen LogP contribution in [0.4, 0.5) is 11.4 Å². The molecule has 0 aliphatic heterocycles. The van der Waals surface area contributed by atoms with Gasteiger partial charge in [-0.1, -0.05) is 36.4 Å². The molecular weight excluding hydrogens is 464 g/mol. The van der Waals surface area contributed by atoms with Crippen LogP contribution in [0, 0.1) is 0 Å². The Morgan fingerprint density at radius 1 is 1.00 bits per heavy atom. The Labute approximate surface area is 204 Å². The van der Waals surface area contributed by atoms with Crippen molar-refractivity contribution in [3.05, 3.63) is 90.1 Å². The first-order valence-electron chi connectivity index (χ1n) is 11.2. The second-order valence-electron chi connectivity index (χ2n) is 8.41. The van der Waals surface area contributed by atoms with Crippen molar-refractivity contribution in [3.8, 4) is 0 Å². The van der Waals surface area contributed by atoms with Crippen LogP contribution < -0.4 is 15.4 Å². The summed E-state index contributed by atoms with van der Waals surface area (Å²) in [4.78, 5) is 13.9. The van der Waals surface area contributed by atoms with E-state index in [1.807, 2.05) is 24.4 Å². The lowest BCUT2D eigenvalue weighted by molar-refractivity contribution is -0.105. The van der Waals surface area contributed by atoms with E-state index in [-0.39, 0.29) is 10.9 Å². The van der Waals surface area contributed by atoms with Gasteiger partial charge in [0.15, 0.2) is 0 Å². The topological polar surface area (TPSA) is 123 Å². The van der Waals surface area contributed by atoms with Crippen molar-refractivity contribution in [2.75, 3.05) is 16.6 Å². The van der Waals surface area contributed by atoms with Crippen molar-refractivity contribution < 1.29 is 18.3 Å². The molecule has 4 rings (SSSR count). The summed E-state index contributed by atoms with van der Waals surface area (Å²) in [6.07, 6.45) is 2.48. The molecule has 0 saturated heterocycles. The van der Waals surface area contributed by atoms with Crippen LogP contribution >= 0.6 is 0 Å². The van der Waals surface area contributed by atoms with E-state index in [9.17, 15) is 18.3 Å². The molecule has 0 saturated carbocycles. The van der Waals surface area contributed by atoms with Gasteiger partial charge in [0.1, 0.15) is 0 Å². The van der Waals surface area contributed by atoms with Crippen molar-refractivity contribution in [2.24, 2.45) is 0 Å². The lowest BCUT2D eigenvalue weighted by Crippen LogP contribution is -2.32. The number of para-hydroxylation sites is 1. The van der Waals surface area contributed by atoms with Crippen LogP contribution in [0.25, 0.3) is 10.9 Å². The van der Waals surface area contributed by atoms with Gasteiger partial charge in [0, 0.05) is 41.1 Å². The van der Waals surface area contributed by atoms with E-state index in [0.717, 1.165) is 11.9 Å². The van der Waals surface area contributed by atoms with Crippen LogP contribution in [0.15, 0.2) is 83.9 Å². The fourth-order valence-electron chi connectivity index (χ4n) is 3.98. The normalized spacial score (nSPS) is 13.3. The molecule has 1 aromatic heterocycles. The Bertz CT molecular complexity index is 1420. The van der Waals surface area contributed by atoms with Crippen LogP contribution in [0.2, 0.25) is 0 Å². The van der Waals surface area contributed by atoms with Gasteiger partial charge in [-0.05, 0) is 60.9 Å². The third kappa shape index (κ3) is 6.07. The quantitative estimate of drug-likeness (QED) is 0.204. The second kappa shape index (κ2) is 10.7. The van der Waals surface area contributed by atoms with Gasteiger partial charge in [-0.2, -0.15) is 0 Å². The van der Waals surface area contributed by atoms with E-state index in [1.54, 1.807) is 36.4 Å². The molecule has 1 amide bonds. The van der Waals surface area contributed by atoms with Crippen LogP contribution in [-0.4, -0.2) is 37.5 Å². The van der Waals surface area contributed by atoms with E-state index in [1.165, 1.54) is 23.1 Å². The van der Waals surface area contributed by atoms with Crippen molar-refractivity contribution in [1.82, 2.24) is 10.3 Å². The molecule has 0 spiro atoms. The maximum atomic E-state index is 12.8. The zero-order valence-corrected chi connectivity index (χ0v) is 20.0. The Morgan fingerprint density at radius 2 is 1.77 bits per heavy atom. The highest BCUT2D eigenvalue weighted by molar-refractivity contribution is 7.92. The summed E-state index contributed by atoms with van der Waals surface area (Å²) in [7, 11) is -3.88. The molecule has 4 aromatic rings. The molecular formula is C26H28N4O4S. The van der Waals surface area contributed by atoms with Crippen molar-refractivity contribution >= 4 is 38.7 Å². The van der Waals surface area contributed by atoms with Crippen LogP contribution in [-0.2, 0) is 21.2 Å². The highest BCUT2D eigenvalue weighted by Gasteiger charge is 2.17. The summed E-state index contributed by atoms with van der Waals surface area (Å²) in [6.45, 7) is 2.38. The van der Waals surface area contributed by atoms with Crippen molar-refractivity contribution in [3.63, 3.8) is 0 Å². The highest BCUT2D eigenvalue weighted by Crippen LogP contribution is 2.23. The smallest absolute Gasteiger partial charge is 0.261 e. The van der Waals surface area contributed by atoms with E-state index in [0.29, 0.717) is 29.9 Å². The standard InChI is InChI=1S/C26H28N4O4S/c1-18(12-20-15-28-25-11-3-2-10-24(20)25)27-16-26(32)19-6-4-8-22(13-19)30-35(33,34)23-9-5-7-21(14-23)29-17-31/h2-11,13-15,17-18,26-28,30,32H,12,16H2,1H3,(H,29,31)/t18-,26+/m1/s1. The lowest BCUT2D eigenvalue weighted by Gasteiger charge is -2.18. The molecule has 1 heterocycles. The molecule has 9 heteroatoms. The van der Waals surface area contributed by atoms with Crippen LogP contribution in [0.3, 0.4) is 0 Å². The molecule has 35 heavy (non-hydrogen) atoms. The van der Waals surface area contributed by atoms with E-state index < -0.39 is 16.1 Å². The fourth-order valence-corrected chi connectivity index (χ4v) is 5.07. The average Bonchev–Trinajstić information content (AvgIpc) is 3.25. The maximum Gasteiger partial charge on any atom is 0.261 e. The molecule has 2 atom stereocenters. The number of anilines is 2. The average molecular weight is 493 g/mol. The molecule has 0 unspecified atom stereocenters. The summed E-state index contributed by atoms with van der Waals surface area (Å²) < 4.78 is 28.1. The predicted molar refractivity (Wildman–Crippen MR) is 138 cm³/mol. The number of carbonyl (C=O) groups excluding carboxylic acids is 1. The minimum Gasteiger partial charge on any atom is -0.387 e. The maximum absolute atomic E-state index is 12.8. The predicted octanol–water partition coefficient (Wildman–Crippen LogP) is 3.79. The number of sulfonamides is 1. The number of aromatic amines is 1. The number of H-pyrrole nitrogens is 1. The molecule has 182 valence electrons. The number of benzene rings is 3. The van der Waals surface area contributed by atoms with Gasteiger partial charge in [-0.25, -0.2) is 8.42 Å². The molecule has 0 radical (unpaired) electrons. The number of rotatable bonds is 11. The Balaban J connectivity index is 1.38. The molecule has 0 bridgehead atoms. The first-order chi connectivity index (χ1) is 16.9. The molecule has 5 N–H and O–H groups in total. The number of amides is 1. The first kappa shape index (κ1) is 24.5. The Kier molecular flexibility index (Phi) is 7.50. The number of carbonyl (C=O) groups is 1. The Morgan fingerprint density at radius 3 is 2.60 bits per heavy atom. The van der Waals surface area contributed by atoms with Gasteiger partial charge in [-0.15, -0.1) is 0 Å². The number of hydrogen-bond acceptors (Lipinski definition) is 5. The summed E-state index contributed by atoms with van der Waals surface area (Å²) in [5, 5.41) is 17.7. The lowest BCUT2D eigenvalue weighted by atomic mass is 10.0. The molecule has 3 aromatic carbocycles. The van der Waals surface area contributed by atoms with Gasteiger partial charge < -0.3 is 20.7 Å². The van der Waals surface area contributed by atoms with Gasteiger partial charge >= 0.3 is 0 Å². The van der Waals surface area contributed by atoms with Gasteiger partial charge in [0.2, 0.25) is 6.41 Å². The SMILES string of the molecule is C[C@H](Cc1c[nH]c2ccccc12)NC[C@H](O)c1cccc(NS(=O)(=O)c2cccc(NC=O)c2)c1. The van der Waals surface area contributed by atoms with E-state index >= 15 is 0 Å². The monoisotopic (exact) mass is 492 g/mol.